The molecule has 3 amide bonds. The molecule has 2 aromatic rings. The Labute approximate surface area is 273 Å². The zero-order valence-corrected chi connectivity index (χ0v) is 27.5. The van der Waals surface area contributed by atoms with E-state index in [4.69, 9.17) is 25.8 Å². The highest BCUT2D eigenvalue weighted by Crippen LogP contribution is 2.46. The van der Waals surface area contributed by atoms with Crippen LogP contribution in [-0.4, -0.2) is 81.2 Å². The van der Waals surface area contributed by atoms with Crippen molar-refractivity contribution < 1.29 is 33.4 Å². The SMILES string of the molecule is CCOC(=O)[C@@]12C[C@@H]1/C=C\CCCCC[C@H](NC(=O)OC(C)(C)C)C(=O)N1C[C@H](Oc3nc4ccccc4nc3Cl)C[C@H]1C(=O)N2. The van der Waals surface area contributed by atoms with E-state index in [0.717, 1.165) is 19.3 Å². The van der Waals surface area contributed by atoms with Crippen LogP contribution >= 0.6 is 11.6 Å². The lowest BCUT2D eigenvalue weighted by molar-refractivity contribution is -0.150. The quantitative estimate of drug-likeness (QED) is 0.351. The minimum absolute atomic E-state index is 0.0178. The van der Waals surface area contributed by atoms with Gasteiger partial charge in [-0.1, -0.05) is 48.7 Å². The number of nitrogens with zero attached hydrogens (tertiary/aromatic N) is 3. The summed E-state index contributed by atoms with van der Waals surface area (Å²) in [4.78, 5) is 64.5. The molecule has 5 atom stereocenters. The third kappa shape index (κ3) is 7.71. The van der Waals surface area contributed by atoms with Gasteiger partial charge in [0.2, 0.25) is 11.8 Å². The van der Waals surface area contributed by atoms with Crippen LogP contribution in [0.1, 0.15) is 72.6 Å². The number of nitrogens with one attached hydrogen (secondary N) is 2. The standard InChI is InChI=1S/C33H42ClN5O7/c1-5-44-30(42)33-18-20(33)13-9-7-6-8-10-16-24(37-31(43)46-32(2,3)4)29(41)39-19-21(17-25(39)27(40)38-33)45-28-26(34)35-22-14-11-12-15-23(22)36-28/h9,11-15,20-21,24-25H,5-8,10,16-19H2,1-4H3,(H,37,43)(H,38,40)/b13-9-/t20-,21+,24-,25-,33+/m0/s1. The summed E-state index contributed by atoms with van der Waals surface area (Å²) in [6.45, 7) is 7.13. The minimum Gasteiger partial charge on any atom is -0.470 e. The Bertz CT molecular complexity index is 1510. The molecule has 2 N–H and O–H groups in total. The number of rotatable bonds is 5. The highest BCUT2D eigenvalue weighted by Gasteiger charge is 2.62. The number of esters is 1. The van der Waals surface area contributed by atoms with E-state index < -0.39 is 53.2 Å². The Hall–Kier alpha value is -3.93. The maximum Gasteiger partial charge on any atom is 0.408 e. The predicted octanol–water partition coefficient (Wildman–Crippen LogP) is 4.48. The molecule has 2 fully saturated rings. The summed E-state index contributed by atoms with van der Waals surface area (Å²) in [5.74, 6) is -1.59. The second-order valence-corrected chi connectivity index (χ2v) is 13.4. The summed E-state index contributed by atoms with van der Waals surface area (Å²) < 4.78 is 17.0. The zero-order chi connectivity index (χ0) is 33.1. The molecule has 1 aromatic carbocycles. The lowest BCUT2D eigenvalue weighted by atomic mass is 10.0. The molecule has 2 aliphatic heterocycles. The van der Waals surface area contributed by atoms with E-state index in [1.54, 1.807) is 39.8 Å². The molecule has 3 heterocycles. The van der Waals surface area contributed by atoms with E-state index in [-0.39, 0.29) is 36.5 Å². The second-order valence-electron chi connectivity index (χ2n) is 13.0. The molecule has 5 rings (SSSR count). The monoisotopic (exact) mass is 655 g/mol. The third-order valence-electron chi connectivity index (χ3n) is 8.35. The first-order chi connectivity index (χ1) is 21.9. The largest absolute Gasteiger partial charge is 0.470 e. The van der Waals surface area contributed by atoms with Gasteiger partial charge in [-0.15, -0.1) is 0 Å². The van der Waals surface area contributed by atoms with E-state index in [9.17, 15) is 19.2 Å². The van der Waals surface area contributed by atoms with Crippen LogP contribution in [0.2, 0.25) is 5.15 Å². The van der Waals surface area contributed by atoms with Gasteiger partial charge in [0.05, 0.1) is 24.2 Å². The van der Waals surface area contributed by atoms with E-state index in [1.807, 2.05) is 24.3 Å². The van der Waals surface area contributed by atoms with Gasteiger partial charge in [0.1, 0.15) is 29.3 Å². The highest BCUT2D eigenvalue weighted by molar-refractivity contribution is 6.31. The summed E-state index contributed by atoms with van der Waals surface area (Å²) in [7, 11) is 0. The molecule has 0 spiro atoms. The number of alkyl carbamates (subject to hydrolysis) is 1. The van der Waals surface area contributed by atoms with Gasteiger partial charge < -0.3 is 29.7 Å². The molecule has 1 aromatic heterocycles. The van der Waals surface area contributed by atoms with Crippen molar-refractivity contribution in [1.82, 2.24) is 25.5 Å². The number of ether oxygens (including phenoxy) is 3. The first-order valence-corrected chi connectivity index (χ1v) is 16.3. The van der Waals surface area contributed by atoms with E-state index in [1.165, 1.54) is 4.90 Å². The smallest absolute Gasteiger partial charge is 0.408 e. The first kappa shape index (κ1) is 33.4. The number of aromatic nitrogens is 2. The molecule has 13 heteroatoms. The molecule has 1 saturated heterocycles. The van der Waals surface area contributed by atoms with Crippen LogP contribution in [0.4, 0.5) is 4.79 Å². The van der Waals surface area contributed by atoms with Gasteiger partial charge in [-0.3, -0.25) is 9.59 Å². The van der Waals surface area contributed by atoms with Gasteiger partial charge in [-0.05, 0) is 65.5 Å². The number of carbonyl (C=O) groups excluding carboxylic acids is 4. The van der Waals surface area contributed by atoms with Gasteiger partial charge in [-0.25, -0.2) is 19.6 Å². The summed E-state index contributed by atoms with van der Waals surface area (Å²) in [6.07, 6.45) is 6.60. The Morgan fingerprint density at radius 3 is 2.59 bits per heavy atom. The number of benzene rings is 1. The number of hydrogen-bond donors (Lipinski definition) is 2. The number of fused-ring (bicyclic) bond motifs is 3. The zero-order valence-electron chi connectivity index (χ0n) is 26.7. The average Bonchev–Trinajstić information content (AvgIpc) is 3.52. The molecule has 0 bridgehead atoms. The number of hydrogen-bond acceptors (Lipinski definition) is 9. The highest BCUT2D eigenvalue weighted by atomic mass is 35.5. The molecular weight excluding hydrogens is 614 g/mol. The van der Waals surface area contributed by atoms with Crippen LogP contribution in [0.5, 0.6) is 5.88 Å². The number of halogens is 1. The van der Waals surface area contributed by atoms with Gasteiger partial charge in [0.15, 0.2) is 5.15 Å². The summed E-state index contributed by atoms with van der Waals surface area (Å²) in [6, 6.07) is 5.26. The van der Waals surface area contributed by atoms with E-state index in [2.05, 4.69) is 20.6 Å². The number of allylic oxidation sites excluding steroid dienone is 1. The molecular formula is C33H42ClN5O7. The fourth-order valence-electron chi connectivity index (χ4n) is 6.04. The van der Waals surface area contributed by atoms with E-state index >= 15 is 0 Å². The predicted molar refractivity (Wildman–Crippen MR) is 170 cm³/mol. The maximum absolute atomic E-state index is 14.2. The molecule has 248 valence electrons. The van der Waals surface area contributed by atoms with Crippen molar-refractivity contribution in [3.05, 3.63) is 41.6 Å². The molecule has 1 saturated carbocycles. The van der Waals surface area contributed by atoms with Crippen molar-refractivity contribution in [2.45, 2.75) is 102 Å². The fraction of sp³-hybridized carbons (Fsp3) is 0.576. The van der Waals surface area contributed by atoms with Crippen molar-refractivity contribution in [3.63, 3.8) is 0 Å². The molecule has 12 nitrogen and oxygen atoms in total. The third-order valence-corrected chi connectivity index (χ3v) is 8.59. The van der Waals surface area contributed by atoms with Crippen LogP contribution in [0.15, 0.2) is 36.4 Å². The molecule has 1 aliphatic carbocycles. The van der Waals surface area contributed by atoms with Crippen molar-refractivity contribution in [1.29, 1.82) is 0 Å². The van der Waals surface area contributed by atoms with Crippen molar-refractivity contribution in [2.75, 3.05) is 13.2 Å². The van der Waals surface area contributed by atoms with E-state index in [0.29, 0.717) is 30.3 Å². The number of carbonyl (C=O) groups is 4. The molecule has 0 radical (unpaired) electrons. The van der Waals surface area contributed by atoms with Crippen LogP contribution < -0.4 is 15.4 Å². The topological polar surface area (TPSA) is 149 Å². The molecule has 3 aliphatic rings. The second kappa shape index (κ2) is 13.8. The normalized spacial score (nSPS) is 27.7. The number of amides is 3. The fourth-order valence-corrected chi connectivity index (χ4v) is 6.22. The van der Waals surface area contributed by atoms with Gasteiger partial charge in [0.25, 0.3) is 5.88 Å². The van der Waals surface area contributed by atoms with Crippen molar-refractivity contribution in [3.8, 4) is 5.88 Å². The van der Waals surface area contributed by atoms with Crippen molar-refractivity contribution in [2.24, 2.45) is 5.92 Å². The van der Waals surface area contributed by atoms with Crippen LogP contribution in [0, 0.1) is 5.92 Å². The molecule has 0 unspecified atom stereocenters. The van der Waals surface area contributed by atoms with Gasteiger partial charge >= 0.3 is 12.1 Å². The Morgan fingerprint density at radius 2 is 1.87 bits per heavy atom. The van der Waals surface area contributed by atoms with Gasteiger partial charge in [0, 0.05) is 12.3 Å². The Morgan fingerprint density at radius 1 is 1.13 bits per heavy atom. The summed E-state index contributed by atoms with van der Waals surface area (Å²) >= 11 is 6.43. The van der Waals surface area contributed by atoms with Crippen LogP contribution in [0.3, 0.4) is 0 Å². The average molecular weight is 656 g/mol. The van der Waals surface area contributed by atoms with Gasteiger partial charge in [-0.2, -0.15) is 0 Å². The lowest BCUT2D eigenvalue weighted by Gasteiger charge is -2.30. The number of para-hydroxylation sites is 2. The van der Waals surface area contributed by atoms with Crippen LogP contribution in [0.25, 0.3) is 11.0 Å². The lowest BCUT2D eigenvalue weighted by Crippen LogP contribution is -2.56. The maximum atomic E-state index is 14.2. The Kier molecular flexibility index (Phi) is 10.0. The van der Waals surface area contributed by atoms with Crippen LogP contribution in [-0.2, 0) is 23.9 Å². The van der Waals surface area contributed by atoms with Crippen molar-refractivity contribution >= 4 is 46.5 Å². The summed E-state index contributed by atoms with van der Waals surface area (Å²) in [5.41, 5.74) is -0.800. The Balaban J connectivity index is 1.45. The first-order valence-electron chi connectivity index (χ1n) is 15.9. The molecule has 46 heavy (non-hydrogen) atoms. The summed E-state index contributed by atoms with van der Waals surface area (Å²) in [5, 5.41) is 5.73. The minimum atomic E-state index is -1.21.